The Labute approximate surface area is 115 Å². The summed E-state index contributed by atoms with van der Waals surface area (Å²) in [4.78, 5) is 4.14. The van der Waals surface area contributed by atoms with Gasteiger partial charge in [-0.1, -0.05) is 5.16 Å². The standard InChI is InChI=1S/C13H16FN3O3/c1-19-6-2-3-10(15)13-16-12(17-20-13)8-4-5-11(18)9(14)7-8/h4-5,7,10,18H,2-3,6,15H2,1H3. The van der Waals surface area contributed by atoms with Gasteiger partial charge in [-0.25, -0.2) is 4.39 Å². The lowest BCUT2D eigenvalue weighted by molar-refractivity contribution is 0.188. The number of nitrogens with zero attached hydrogens (tertiary/aromatic N) is 2. The van der Waals surface area contributed by atoms with Gasteiger partial charge in [0.05, 0.1) is 6.04 Å². The van der Waals surface area contributed by atoms with Crippen molar-refractivity contribution < 1.29 is 18.8 Å². The first-order valence-electron chi connectivity index (χ1n) is 6.19. The van der Waals surface area contributed by atoms with Gasteiger partial charge in [-0.2, -0.15) is 4.98 Å². The Morgan fingerprint density at radius 2 is 2.30 bits per heavy atom. The number of nitrogens with two attached hydrogens (primary N) is 1. The Morgan fingerprint density at radius 3 is 3.00 bits per heavy atom. The fraction of sp³-hybridized carbons (Fsp3) is 0.385. The van der Waals surface area contributed by atoms with Crippen LogP contribution in [0.2, 0.25) is 0 Å². The minimum atomic E-state index is -0.738. The number of halogens is 1. The van der Waals surface area contributed by atoms with E-state index in [2.05, 4.69) is 10.1 Å². The van der Waals surface area contributed by atoms with Crippen molar-refractivity contribution >= 4 is 0 Å². The normalized spacial score (nSPS) is 12.6. The molecule has 1 aromatic carbocycles. The fourth-order valence-electron chi connectivity index (χ4n) is 1.72. The van der Waals surface area contributed by atoms with Crippen molar-refractivity contribution in [3.63, 3.8) is 0 Å². The van der Waals surface area contributed by atoms with Crippen molar-refractivity contribution in [2.75, 3.05) is 13.7 Å². The van der Waals surface area contributed by atoms with Crippen LogP contribution >= 0.6 is 0 Å². The van der Waals surface area contributed by atoms with E-state index in [1.54, 1.807) is 7.11 Å². The first-order valence-corrected chi connectivity index (χ1v) is 6.19. The highest BCUT2D eigenvalue weighted by Gasteiger charge is 2.16. The van der Waals surface area contributed by atoms with Crippen molar-refractivity contribution in [2.45, 2.75) is 18.9 Å². The lowest BCUT2D eigenvalue weighted by atomic mass is 10.1. The highest BCUT2D eigenvalue weighted by Crippen LogP contribution is 2.24. The molecule has 0 amide bonds. The zero-order valence-corrected chi connectivity index (χ0v) is 11.0. The van der Waals surface area contributed by atoms with Gasteiger partial charge in [-0.3, -0.25) is 0 Å². The summed E-state index contributed by atoms with van der Waals surface area (Å²) in [5.74, 6) is -0.627. The van der Waals surface area contributed by atoms with Crippen LogP contribution in [-0.2, 0) is 4.74 Å². The van der Waals surface area contributed by atoms with Crippen LogP contribution in [0.4, 0.5) is 4.39 Å². The minimum absolute atomic E-state index is 0.237. The van der Waals surface area contributed by atoms with Gasteiger partial charge in [-0.15, -0.1) is 0 Å². The molecule has 0 saturated carbocycles. The first-order chi connectivity index (χ1) is 9.61. The van der Waals surface area contributed by atoms with Crippen LogP contribution in [0.5, 0.6) is 5.75 Å². The summed E-state index contributed by atoms with van der Waals surface area (Å²) in [5.41, 5.74) is 6.33. The molecule has 3 N–H and O–H groups in total. The number of aromatic hydroxyl groups is 1. The summed E-state index contributed by atoms with van der Waals surface area (Å²) >= 11 is 0. The van der Waals surface area contributed by atoms with Gasteiger partial charge in [0.1, 0.15) is 0 Å². The van der Waals surface area contributed by atoms with Gasteiger partial charge in [0, 0.05) is 19.3 Å². The molecule has 0 aliphatic heterocycles. The van der Waals surface area contributed by atoms with E-state index in [9.17, 15) is 4.39 Å². The summed E-state index contributed by atoms with van der Waals surface area (Å²) < 4.78 is 23.3. The molecule has 1 heterocycles. The summed E-state index contributed by atoms with van der Waals surface area (Å²) in [7, 11) is 1.62. The number of ether oxygens (including phenoxy) is 1. The highest BCUT2D eigenvalue weighted by atomic mass is 19.1. The molecule has 0 aliphatic rings. The van der Waals surface area contributed by atoms with E-state index in [0.29, 0.717) is 24.5 Å². The van der Waals surface area contributed by atoms with Gasteiger partial charge in [0.15, 0.2) is 11.6 Å². The number of phenols is 1. The number of aromatic nitrogens is 2. The van der Waals surface area contributed by atoms with Gasteiger partial charge in [0.2, 0.25) is 11.7 Å². The summed E-state index contributed by atoms with van der Waals surface area (Å²) in [6.45, 7) is 0.609. The Bertz CT molecular complexity index is 574. The van der Waals surface area contributed by atoms with Crippen molar-refractivity contribution in [2.24, 2.45) is 5.73 Å². The molecule has 2 rings (SSSR count). The SMILES string of the molecule is COCCCC(N)c1nc(-c2ccc(O)c(F)c2)no1. The summed E-state index contributed by atoms with van der Waals surface area (Å²) in [6.07, 6.45) is 1.43. The van der Waals surface area contributed by atoms with Crippen LogP contribution in [0.3, 0.4) is 0 Å². The maximum absolute atomic E-state index is 13.3. The second-order valence-electron chi connectivity index (χ2n) is 4.36. The Morgan fingerprint density at radius 1 is 1.50 bits per heavy atom. The Balaban J connectivity index is 2.09. The molecule has 108 valence electrons. The highest BCUT2D eigenvalue weighted by molar-refractivity contribution is 5.55. The molecular formula is C13H16FN3O3. The second kappa shape index (κ2) is 6.44. The molecule has 0 saturated heterocycles. The molecule has 0 spiro atoms. The van der Waals surface area contributed by atoms with Gasteiger partial charge in [-0.05, 0) is 31.0 Å². The quantitative estimate of drug-likeness (QED) is 0.786. The summed E-state index contributed by atoms with van der Waals surface area (Å²) in [6, 6.07) is 3.50. The van der Waals surface area contributed by atoms with E-state index >= 15 is 0 Å². The van der Waals surface area contributed by atoms with E-state index < -0.39 is 11.6 Å². The maximum atomic E-state index is 13.3. The van der Waals surface area contributed by atoms with Gasteiger partial charge in [0.25, 0.3) is 0 Å². The second-order valence-corrected chi connectivity index (χ2v) is 4.36. The molecule has 1 atom stereocenters. The van der Waals surface area contributed by atoms with Crippen molar-refractivity contribution in [3.8, 4) is 17.1 Å². The maximum Gasteiger partial charge on any atom is 0.243 e. The monoisotopic (exact) mass is 281 g/mol. The van der Waals surface area contributed by atoms with E-state index in [-0.39, 0.29) is 11.9 Å². The number of hydrogen-bond acceptors (Lipinski definition) is 6. The minimum Gasteiger partial charge on any atom is -0.505 e. The zero-order valence-electron chi connectivity index (χ0n) is 11.0. The van der Waals surface area contributed by atoms with Crippen molar-refractivity contribution in [3.05, 3.63) is 29.9 Å². The smallest absolute Gasteiger partial charge is 0.243 e. The zero-order chi connectivity index (χ0) is 14.5. The molecule has 1 unspecified atom stereocenters. The molecule has 6 nitrogen and oxygen atoms in total. The summed E-state index contributed by atoms with van der Waals surface area (Å²) in [5, 5.41) is 12.9. The Kier molecular flexibility index (Phi) is 4.65. The number of hydrogen-bond donors (Lipinski definition) is 2. The van der Waals surface area contributed by atoms with Crippen LogP contribution in [0.15, 0.2) is 22.7 Å². The van der Waals surface area contributed by atoms with Crippen LogP contribution in [0, 0.1) is 5.82 Å². The first kappa shape index (κ1) is 14.4. The number of phenolic OH excluding ortho intramolecular Hbond substituents is 1. The van der Waals surface area contributed by atoms with Crippen molar-refractivity contribution in [1.29, 1.82) is 0 Å². The Hall–Kier alpha value is -1.99. The number of benzene rings is 1. The van der Waals surface area contributed by atoms with Crippen molar-refractivity contribution in [1.82, 2.24) is 10.1 Å². The van der Waals surface area contributed by atoms with E-state index in [0.717, 1.165) is 12.5 Å². The predicted molar refractivity (Wildman–Crippen MR) is 69.4 cm³/mol. The number of rotatable bonds is 6. The molecule has 0 aliphatic carbocycles. The third-order valence-corrected chi connectivity index (χ3v) is 2.83. The third-order valence-electron chi connectivity index (χ3n) is 2.83. The van der Waals surface area contributed by atoms with Crippen LogP contribution < -0.4 is 5.73 Å². The third kappa shape index (κ3) is 3.31. The lowest BCUT2D eigenvalue weighted by Gasteiger charge is -2.04. The fourth-order valence-corrected chi connectivity index (χ4v) is 1.72. The average molecular weight is 281 g/mol. The van der Waals surface area contributed by atoms with Crippen LogP contribution in [-0.4, -0.2) is 29.0 Å². The molecular weight excluding hydrogens is 265 g/mol. The average Bonchev–Trinajstić information content (AvgIpc) is 2.92. The molecule has 0 bridgehead atoms. The largest absolute Gasteiger partial charge is 0.505 e. The lowest BCUT2D eigenvalue weighted by Crippen LogP contribution is -2.11. The van der Waals surface area contributed by atoms with Crippen LogP contribution in [0.25, 0.3) is 11.4 Å². The van der Waals surface area contributed by atoms with Gasteiger partial charge >= 0.3 is 0 Å². The molecule has 0 radical (unpaired) electrons. The van der Waals surface area contributed by atoms with Crippen LogP contribution in [0.1, 0.15) is 24.8 Å². The number of methoxy groups -OCH3 is 1. The molecule has 7 heteroatoms. The molecule has 2 aromatic rings. The molecule has 1 aromatic heterocycles. The van der Waals surface area contributed by atoms with E-state index in [4.69, 9.17) is 20.1 Å². The predicted octanol–water partition coefficient (Wildman–Crippen LogP) is 2.01. The van der Waals surface area contributed by atoms with E-state index in [1.807, 2.05) is 0 Å². The van der Waals surface area contributed by atoms with E-state index in [1.165, 1.54) is 12.1 Å². The van der Waals surface area contributed by atoms with Gasteiger partial charge < -0.3 is 20.1 Å². The topological polar surface area (TPSA) is 94.4 Å². The molecule has 0 fully saturated rings. The molecule has 20 heavy (non-hydrogen) atoms.